The first-order valence-electron chi connectivity index (χ1n) is 5.30. The number of hydrogen-bond donors (Lipinski definition) is 1. The van der Waals surface area contributed by atoms with E-state index in [1.807, 2.05) is 30.3 Å². The molecule has 4 heteroatoms. The number of rotatable bonds is 1. The molecule has 1 amide bonds. The summed E-state index contributed by atoms with van der Waals surface area (Å²) in [4.78, 5) is 13.2. The van der Waals surface area contributed by atoms with Crippen LogP contribution in [0.1, 0.15) is 11.7 Å². The van der Waals surface area contributed by atoms with Gasteiger partial charge in [0, 0.05) is 13.6 Å². The molecule has 1 fully saturated rings. The highest BCUT2D eigenvalue weighted by atomic mass is 16.5. The van der Waals surface area contributed by atoms with Gasteiger partial charge >= 0.3 is 0 Å². The highest BCUT2D eigenvalue weighted by Gasteiger charge is 2.32. The minimum atomic E-state index is -1.12. The summed E-state index contributed by atoms with van der Waals surface area (Å²) in [5, 5.41) is 9.93. The maximum atomic E-state index is 11.7. The summed E-state index contributed by atoms with van der Waals surface area (Å²) >= 11 is 0. The molecule has 2 rings (SSSR count). The average molecular weight is 221 g/mol. The zero-order valence-corrected chi connectivity index (χ0v) is 9.17. The lowest BCUT2D eigenvalue weighted by Crippen LogP contribution is -2.37. The molecule has 0 aromatic heterocycles. The molecule has 1 N–H and O–H groups in total. The van der Waals surface area contributed by atoms with Gasteiger partial charge in [0.05, 0.1) is 6.61 Å². The topological polar surface area (TPSA) is 49.8 Å². The zero-order chi connectivity index (χ0) is 11.5. The van der Waals surface area contributed by atoms with Crippen molar-refractivity contribution in [3.8, 4) is 0 Å². The van der Waals surface area contributed by atoms with E-state index in [4.69, 9.17) is 4.74 Å². The molecule has 4 nitrogen and oxygen atoms in total. The van der Waals surface area contributed by atoms with E-state index >= 15 is 0 Å². The molecule has 1 heterocycles. The first-order valence-corrected chi connectivity index (χ1v) is 5.30. The van der Waals surface area contributed by atoms with Crippen LogP contribution in [0.2, 0.25) is 0 Å². The van der Waals surface area contributed by atoms with Gasteiger partial charge in [-0.15, -0.1) is 0 Å². The first-order chi connectivity index (χ1) is 7.70. The Morgan fingerprint density at radius 1 is 1.38 bits per heavy atom. The number of amides is 1. The van der Waals surface area contributed by atoms with E-state index < -0.39 is 12.2 Å². The standard InChI is InChI=1S/C12H15NO3/c1-13-7-8-16-11(10(14)12(13)15)9-5-3-2-4-6-9/h2-6,10-11,14H,7-8H2,1H3/t10-,11-/m1/s1. The zero-order valence-electron chi connectivity index (χ0n) is 9.17. The van der Waals surface area contributed by atoms with Crippen LogP contribution in [-0.4, -0.2) is 42.2 Å². The van der Waals surface area contributed by atoms with Crippen LogP contribution < -0.4 is 0 Å². The van der Waals surface area contributed by atoms with Crippen molar-refractivity contribution in [3.05, 3.63) is 35.9 Å². The normalized spacial score (nSPS) is 26.6. The van der Waals surface area contributed by atoms with Crippen molar-refractivity contribution in [2.24, 2.45) is 0 Å². The molecule has 0 aliphatic carbocycles. The van der Waals surface area contributed by atoms with Crippen molar-refractivity contribution in [3.63, 3.8) is 0 Å². The smallest absolute Gasteiger partial charge is 0.254 e. The minimum Gasteiger partial charge on any atom is -0.380 e. The molecule has 86 valence electrons. The number of nitrogens with zero attached hydrogens (tertiary/aromatic N) is 1. The number of aliphatic hydroxyl groups is 1. The summed E-state index contributed by atoms with van der Waals surface area (Å²) in [7, 11) is 1.67. The molecule has 1 aromatic carbocycles. The average Bonchev–Trinajstić information content (AvgIpc) is 2.44. The fourth-order valence-electron chi connectivity index (χ4n) is 1.79. The molecular formula is C12H15NO3. The number of carbonyl (C=O) groups is 1. The predicted molar refractivity (Wildman–Crippen MR) is 58.8 cm³/mol. The van der Waals surface area contributed by atoms with Crippen molar-refractivity contribution >= 4 is 5.91 Å². The quantitative estimate of drug-likeness (QED) is 0.754. The van der Waals surface area contributed by atoms with E-state index in [2.05, 4.69) is 0 Å². The monoisotopic (exact) mass is 221 g/mol. The predicted octanol–water partition coefficient (Wildman–Crippen LogP) is 0.577. The largest absolute Gasteiger partial charge is 0.380 e. The fourth-order valence-corrected chi connectivity index (χ4v) is 1.79. The van der Waals surface area contributed by atoms with Crippen molar-refractivity contribution in [1.82, 2.24) is 4.90 Å². The van der Waals surface area contributed by atoms with Crippen LogP contribution >= 0.6 is 0 Å². The second kappa shape index (κ2) is 4.63. The van der Waals surface area contributed by atoms with E-state index in [0.29, 0.717) is 13.2 Å². The summed E-state index contributed by atoms with van der Waals surface area (Å²) in [6.45, 7) is 0.956. The summed E-state index contributed by atoms with van der Waals surface area (Å²) in [5.74, 6) is -0.286. The number of ether oxygens (including phenoxy) is 1. The van der Waals surface area contributed by atoms with E-state index in [9.17, 15) is 9.90 Å². The summed E-state index contributed by atoms with van der Waals surface area (Å²) in [5.41, 5.74) is 0.832. The maximum absolute atomic E-state index is 11.7. The molecule has 1 aliphatic rings. The fraction of sp³-hybridized carbons (Fsp3) is 0.417. The van der Waals surface area contributed by atoms with Gasteiger partial charge in [-0.3, -0.25) is 4.79 Å². The Hall–Kier alpha value is -1.39. The summed E-state index contributed by atoms with van der Waals surface area (Å²) in [6.07, 6.45) is -1.67. The Bertz CT molecular complexity index is 366. The molecule has 0 unspecified atom stereocenters. The maximum Gasteiger partial charge on any atom is 0.254 e. The number of aliphatic hydroxyl groups excluding tert-OH is 1. The molecule has 2 atom stereocenters. The number of hydrogen-bond acceptors (Lipinski definition) is 3. The third kappa shape index (κ3) is 2.08. The van der Waals surface area contributed by atoms with Gasteiger partial charge in [-0.05, 0) is 5.56 Å². The van der Waals surface area contributed by atoms with Crippen molar-refractivity contribution in [2.75, 3.05) is 20.2 Å². The second-order valence-corrected chi connectivity index (χ2v) is 3.91. The van der Waals surface area contributed by atoms with Gasteiger partial charge in [0.15, 0.2) is 6.10 Å². The summed E-state index contributed by atoms with van der Waals surface area (Å²) in [6, 6.07) is 9.33. The van der Waals surface area contributed by atoms with Crippen LogP contribution in [0.4, 0.5) is 0 Å². The van der Waals surface area contributed by atoms with Gasteiger partial charge in [0.25, 0.3) is 5.91 Å². The number of carbonyl (C=O) groups excluding carboxylic acids is 1. The van der Waals surface area contributed by atoms with Crippen LogP contribution in [0, 0.1) is 0 Å². The van der Waals surface area contributed by atoms with Crippen LogP contribution in [0.25, 0.3) is 0 Å². The molecular weight excluding hydrogens is 206 g/mol. The first kappa shape index (κ1) is 11.1. The Morgan fingerprint density at radius 2 is 2.06 bits per heavy atom. The molecule has 16 heavy (non-hydrogen) atoms. The van der Waals surface area contributed by atoms with E-state index in [-0.39, 0.29) is 5.91 Å². The van der Waals surface area contributed by atoms with Gasteiger partial charge in [-0.2, -0.15) is 0 Å². The van der Waals surface area contributed by atoms with Gasteiger partial charge in [0.2, 0.25) is 0 Å². The minimum absolute atomic E-state index is 0.286. The van der Waals surface area contributed by atoms with Crippen molar-refractivity contribution in [1.29, 1.82) is 0 Å². The van der Waals surface area contributed by atoms with E-state index in [1.54, 1.807) is 7.05 Å². The Kier molecular flexibility index (Phi) is 3.22. The molecule has 0 bridgehead atoms. The third-order valence-corrected chi connectivity index (χ3v) is 2.77. The lowest BCUT2D eigenvalue weighted by Gasteiger charge is -2.20. The Morgan fingerprint density at radius 3 is 2.75 bits per heavy atom. The van der Waals surface area contributed by atoms with E-state index in [0.717, 1.165) is 5.56 Å². The van der Waals surface area contributed by atoms with Crippen LogP contribution in [0.15, 0.2) is 30.3 Å². The number of benzene rings is 1. The second-order valence-electron chi connectivity index (χ2n) is 3.91. The van der Waals surface area contributed by atoms with Gasteiger partial charge in [0.1, 0.15) is 6.10 Å². The number of likely N-dealkylation sites (N-methyl/N-ethyl adjacent to an activating group) is 1. The highest BCUT2D eigenvalue weighted by Crippen LogP contribution is 2.24. The van der Waals surface area contributed by atoms with Gasteiger partial charge < -0.3 is 14.7 Å². The van der Waals surface area contributed by atoms with E-state index in [1.165, 1.54) is 4.90 Å². The Labute approximate surface area is 94.4 Å². The highest BCUT2D eigenvalue weighted by molar-refractivity contribution is 5.81. The molecule has 0 radical (unpaired) electrons. The molecule has 0 saturated carbocycles. The SMILES string of the molecule is CN1CCO[C@H](c2ccccc2)[C@@H](O)C1=O. The lowest BCUT2D eigenvalue weighted by molar-refractivity contribution is -0.142. The lowest BCUT2D eigenvalue weighted by atomic mass is 10.0. The van der Waals surface area contributed by atoms with Crippen LogP contribution in [-0.2, 0) is 9.53 Å². The molecule has 0 spiro atoms. The molecule has 1 aliphatic heterocycles. The van der Waals surface area contributed by atoms with Gasteiger partial charge in [-0.25, -0.2) is 0 Å². The van der Waals surface area contributed by atoms with Crippen molar-refractivity contribution in [2.45, 2.75) is 12.2 Å². The third-order valence-electron chi connectivity index (χ3n) is 2.77. The van der Waals surface area contributed by atoms with Gasteiger partial charge in [-0.1, -0.05) is 30.3 Å². The molecule has 1 saturated heterocycles. The van der Waals surface area contributed by atoms with Crippen molar-refractivity contribution < 1.29 is 14.6 Å². The summed E-state index contributed by atoms with van der Waals surface area (Å²) < 4.78 is 5.53. The Balaban J connectivity index is 2.24. The molecule has 1 aromatic rings. The van der Waals surface area contributed by atoms with Crippen LogP contribution in [0.3, 0.4) is 0 Å². The van der Waals surface area contributed by atoms with Crippen LogP contribution in [0.5, 0.6) is 0 Å².